The zero-order valence-electron chi connectivity index (χ0n) is 15.9. The van der Waals surface area contributed by atoms with Gasteiger partial charge in [0.15, 0.2) is 0 Å². The number of ether oxygens (including phenoxy) is 1. The molecule has 1 aliphatic heterocycles. The van der Waals surface area contributed by atoms with E-state index < -0.39 is 5.82 Å². The number of amides is 1. The van der Waals surface area contributed by atoms with Gasteiger partial charge in [0.25, 0.3) is 5.91 Å². The van der Waals surface area contributed by atoms with Gasteiger partial charge in [0.1, 0.15) is 17.0 Å². The molecule has 1 aromatic carbocycles. The van der Waals surface area contributed by atoms with Crippen LogP contribution in [0.2, 0.25) is 5.02 Å². The number of rotatable bonds is 1. The molecule has 0 spiro atoms. The van der Waals surface area contributed by atoms with Gasteiger partial charge in [0, 0.05) is 25.0 Å². The Bertz CT molecular complexity index is 1060. The lowest BCUT2D eigenvalue weighted by molar-refractivity contribution is 0.0651. The normalized spacial score (nSPS) is 18.1. The number of pyridine rings is 2. The molecular formula is C21H20ClFN4O2. The molecule has 0 radical (unpaired) electrons. The van der Waals surface area contributed by atoms with Crippen LogP contribution in [0, 0.1) is 5.82 Å². The van der Waals surface area contributed by atoms with Crippen molar-refractivity contribution in [3.8, 4) is 0 Å². The minimum Gasteiger partial charge on any atom is -0.377 e. The van der Waals surface area contributed by atoms with Gasteiger partial charge in [-0.1, -0.05) is 11.6 Å². The third-order valence-electron chi connectivity index (χ3n) is 4.85. The summed E-state index contributed by atoms with van der Waals surface area (Å²) in [5, 5.41) is 2.91. The Hall–Kier alpha value is -2.77. The van der Waals surface area contributed by atoms with Crippen LogP contribution in [-0.4, -0.2) is 41.7 Å². The van der Waals surface area contributed by atoms with E-state index in [0.29, 0.717) is 48.5 Å². The minimum atomic E-state index is -0.484. The highest BCUT2D eigenvalue weighted by Crippen LogP contribution is 2.32. The first-order valence-corrected chi connectivity index (χ1v) is 9.79. The second-order valence-corrected chi connectivity index (χ2v) is 7.28. The molecule has 1 aliphatic rings. The lowest BCUT2D eigenvalue weighted by atomic mass is 10.2. The predicted octanol–water partition coefficient (Wildman–Crippen LogP) is 4.10. The SMILES string of the molecule is C[C@H]1CCNC(=O)c2ccc3nccc(c3n2)N(c2ccc(F)c(Cl)c2)CCO1. The number of hydrogen-bond acceptors (Lipinski definition) is 5. The third-order valence-corrected chi connectivity index (χ3v) is 5.14. The summed E-state index contributed by atoms with van der Waals surface area (Å²) in [7, 11) is 0. The van der Waals surface area contributed by atoms with Crippen LogP contribution in [0.5, 0.6) is 0 Å². The summed E-state index contributed by atoms with van der Waals surface area (Å²) in [4.78, 5) is 23.4. The maximum absolute atomic E-state index is 13.7. The molecule has 8 heteroatoms. The van der Waals surface area contributed by atoms with Crippen molar-refractivity contribution in [2.75, 3.05) is 24.6 Å². The van der Waals surface area contributed by atoms with Crippen molar-refractivity contribution in [3.05, 3.63) is 59.1 Å². The summed E-state index contributed by atoms with van der Waals surface area (Å²) in [5.74, 6) is -0.729. The number of fused-ring (bicyclic) bond motifs is 1. The Morgan fingerprint density at radius 3 is 2.97 bits per heavy atom. The fourth-order valence-corrected chi connectivity index (χ4v) is 3.48. The molecule has 150 valence electrons. The van der Waals surface area contributed by atoms with Crippen molar-refractivity contribution in [1.82, 2.24) is 15.3 Å². The molecule has 0 saturated heterocycles. The summed E-state index contributed by atoms with van der Waals surface area (Å²) in [6, 6.07) is 9.81. The Morgan fingerprint density at radius 2 is 2.14 bits per heavy atom. The number of halogens is 2. The lowest BCUT2D eigenvalue weighted by Crippen LogP contribution is -2.28. The molecule has 1 amide bonds. The molecule has 3 heterocycles. The molecule has 29 heavy (non-hydrogen) atoms. The first-order chi connectivity index (χ1) is 14.0. The van der Waals surface area contributed by atoms with Gasteiger partial charge in [-0.15, -0.1) is 0 Å². The number of carbonyl (C=O) groups excluding carboxylic acids is 1. The number of anilines is 2. The van der Waals surface area contributed by atoms with E-state index in [0.717, 1.165) is 5.69 Å². The largest absolute Gasteiger partial charge is 0.377 e. The molecule has 0 aliphatic carbocycles. The number of hydrogen-bond donors (Lipinski definition) is 1. The van der Waals surface area contributed by atoms with Gasteiger partial charge in [0.2, 0.25) is 0 Å². The van der Waals surface area contributed by atoms with Crippen LogP contribution >= 0.6 is 11.6 Å². The average molecular weight is 415 g/mol. The monoisotopic (exact) mass is 414 g/mol. The van der Waals surface area contributed by atoms with Crippen molar-refractivity contribution in [2.24, 2.45) is 0 Å². The highest BCUT2D eigenvalue weighted by Gasteiger charge is 2.19. The maximum atomic E-state index is 13.7. The molecule has 1 atom stereocenters. The first-order valence-electron chi connectivity index (χ1n) is 9.41. The molecule has 0 saturated carbocycles. The Labute approximate surface area is 172 Å². The van der Waals surface area contributed by atoms with Crippen molar-refractivity contribution in [1.29, 1.82) is 0 Å². The zero-order valence-corrected chi connectivity index (χ0v) is 16.6. The molecule has 0 fully saturated rings. The Balaban J connectivity index is 1.86. The number of nitrogens with one attached hydrogen (secondary N) is 1. The van der Waals surface area contributed by atoms with Crippen molar-refractivity contribution in [3.63, 3.8) is 0 Å². The van der Waals surface area contributed by atoms with Gasteiger partial charge in [-0.3, -0.25) is 9.78 Å². The molecule has 4 rings (SSSR count). The van der Waals surface area contributed by atoms with Gasteiger partial charge >= 0.3 is 0 Å². The molecule has 2 bridgehead atoms. The van der Waals surface area contributed by atoms with Crippen LogP contribution in [0.25, 0.3) is 11.0 Å². The predicted molar refractivity (Wildman–Crippen MR) is 110 cm³/mol. The number of carbonyl (C=O) groups is 1. The minimum absolute atomic E-state index is 0.0248. The van der Waals surface area contributed by atoms with E-state index in [4.69, 9.17) is 16.3 Å². The second kappa shape index (κ2) is 8.31. The van der Waals surface area contributed by atoms with Crippen LogP contribution in [0.1, 0.15) is 23.8 Å². The van der Waals surface area contributed by atoms with E-state index in [-0.39, 0.29) is 17.0 Å². The fourth-order valence-electron chi connectivity index (χ4n) is 3.31. The first kappa shape index (κ1) is 19.5. The van der Waals surface area contributed by atoms with Crippen molar-refractivity contribution >= 4 is 39.9 Å². The van der Waals surface area contributed by atoms with Gasteiger partial charge in [-0.2, -0.15) is 0 Å². The van der Waals surface area contributed by atoms with Gasteiger partial charge in [0.05, 0.1) is 28.9 Å². The number of aromatic nitrogens is 2. The van der Waals surface area contributed by atoms with Gasteiger partial charge in [-0.05, 0) is 49.7 Å². The lowest BCUT2D eigenvalue weighted by Gasteiger charge is -2.26. The molecule has 0 unspecified atom stereocenters. The number of nitrogens with zero attached hydrogens (tertiary/aromatic N) is 3. The fraction of sp³-hybridized carbons (Fsp3) is 0.286. The van der Waals surface area contributed by atoms with Crippen LogP contribution < -0.4 is 10.2 Å². The summed E-state index contributed by atoms with van der Waals surface area (Å²) in [6.07, 6.45) is 2.34. The average Bonchev–Trinajstić information content (AvgIpc) is 2.73. The molecular weight excluding hydrogens is 395 g/mol. The summed E-state index contributed by atoms with van der Waals surface area (Å²) < 4.78 is 19.6. The van der Waals surface area contributed by atoms with Gasteiger partial charge in [-0.25, -0.2) is 9.37 Å². The topological polar surface area (TPSA) is 67.4 Å². The van der Waals surface area contributed by atoms with Crippen molar-refractivity contribution in [2.45, 2.75) is 19.4 Å². The summed E-state index contributed by atoms with van der Waals surface area (Å²) in [6.45, 7) is 3.40. The van der Waals surface area contributed by atoms with Crippen LogP contribution in [0.3, 0.4) is 0 Å². The van der Waals surface area contributed by atoms with Crippen LogP contribution in [0.4, 0.5) is 15.8 Å². The Morgan fingerprint density at radius 1 is 1.28 bits per heavy atom. The van der Waals surface area contributed by atoms with E-state index in [1.165, 1.54) is 6.07 Å². The van der Waals surface area contributed by atoms with Crippen LogP contribution in [-0.2, 0) is 4.74 Å². The zero-order chi connectivity index (χ0) is 20.4. The Kier molecular flexibility index (Phi) is 5.60. The molecule has 3 aromatic rings. The van der Waals surface area contributed by atoms with E-state index in [1.54, 1.807) is 30.5 Å². The quantitative estimate of drug-likeness (QED) is 0.649. The summed E-state index contributed by atoms with van der Waals surface area (Å²) in [5.41, 5.74) is 2.99. The smallest absolute Gasteiger partial charge is 0.269 e. The third kappa shape index (κ3) is 4.16. The van der Waals surface area contributed by atoms with Crippen LogP contribution in [0.15, 0.2) is 42.6 Å². The molecule has 6 nitrogen and oxygen atoms in total. The van der Waals surface area contributed by atoms with E-state index >= 15 is 0 Å². The summed E-state index contributed by atoms with van der Waals surface area (Å²) >= 11 is 6.03. The number of benzene rings is 1. The van der Waals surface area contributed by atoms with Crippen molar-refractivity contribution < 1.29 is 13.9 Å². The molecule has 1 N–H and O–H groups in total. The molecule has 2 aromatic heterocycles. The highest BCUT2D eigenvalue weighted by atomic mass is 35.5. The highest BCUT2D eigenvalue weighted by molar-refractivity contribution is 6.31. The second-order valence-electron chi connectivity index (χ2n) is 6.87. The van der Waals surface area contributed by atoms with E-state index in [1.807, 2.05) is 17.9 Å². The van der Waals surface area contributed by atoms with E-state index in [2.05, 4.69) is 15.3 Å². The standard InChI is InChI=1S/C21H20ClFN4O2/c1-13-6-8-25-21(28)18-5-4-17-20(26-18)19(7-9-24-17)27(10-11-29-13)14-2-3-16(23)15(22)12-14/h2-5,7,9,12-13H,6,8,10-11H2,1H3,(H,25,28)/t13-/m0/s1. The maximum Gasteiger partial charge on any atom is 0.269 e. The van der Waals surface area contributed by atoms with Gasteiger partial charge < -0.3 is 15.0 Å². The van der Waals surface area contributed by atoms with E-state index in [9.17, 15) is 9.18 Å².